The number of ether oxygens (including phenoxy) is 1. The molecular formula is C45H42N2O3. The predicted molar refractivity (Wildman–Crippen MR) is 198 cm³/mol. The van der Waals surface area contributed by atoms with Gasteiger partial charge in [0.15, 0.2) is 0 Å². The summed E-state index contributed by atoms with van der Waals surface area (Å²) in [4.78, 5) is 31.5. The lowest BCUT2D eigenvalue weighted by molar-refractivity contribution is 0.0651. The maximum absolute atomic E-state index is 12.7. The van der Waals surface area contributed by atoms with Crippen molar-refractivity contribution in [2.24, 2.45) is 0 Å². The maximum atomic E-state index is 12.7. The van der Waals surface area contributed by atoms with Crippen molar-refractivity contribution in [2.75, 3.05) is 6.54 Å². The largest absolute Gasteiger partial charge is 0.487 e. The van der Waals surface area contributed by atoms with Crippen LogP contribution in [0.3, 0.4) is 0 Å². The molecule has 0 radical (unpaired) electrons. The molecule has 0 saturated heterocycles. The Balaban J connectivity index is 0.980. The van der Waals surface area contributed by atoms with Gasteiger partial charge in [-0.1, -0.05) is 111 Å². The predicted octanol–water partition coefficient (Wildman–Crippen LogP) is 8.38. The molecule has 1 aromatic heterocycles. The standard InChI is InChI=1S/C45H42N2O3/c48-44-41-18-10-11-19-42(41)45(49)47(44)26-12-3-1-2-7-15-33-20-22-38(34-27-35(29-46-28-34)50-30-31-13-5-4-6-14-31)43-37(33)24-25-39-36-17-9-8-16-32(36)21-23-40(39)43/h4-6,8-11,13-14,16-19,23-25,27-29,33H,1-3,7,12,15,20-22,26,30H2. The number of unbranched alkanes of at least 4 members (excludes halogenated alkanes) is 4. The van der Waals surface area contributed by atoms with Crippen molar-refractivity contribution in [3.8, 4) is 16.9 Å². The zero-order chi connectivity index (χ0) is 33.9. The number of rotatable bonds is 12. The summed E-state index contributed by atoms with van der Waals surface area (Å²) < 4.78 is 6.22. The number of aromatic nitrogens is 1. The average Bonchev–Trinajstić information content (AvgIpc) is 3.41. The molecule has 0 spiro atoms. The zero-order valence-corrected chi connectivity index (χ0v) is 28.4. The first-order valence-corrected chi connectivity index (χ1v) is 18.2. The molecule has 5 aromatic rings. The number of pyridine rings is 1. The summed E-state index contributed by atoms with van der Waals surface area (Å²) in [6.07, 6.45) is 15.8. The molecule has 5 heteroatoms. The molecule has 1 unspecified atom stereocenters. The second-order valence-electron chi connectivity index (χ2n) is 13.8. The highest BCUT2D eigenvalue weighted by Gasteiger charge is 2.34. The van der Waals surface area contributed by atoms with E-state index < -0.39 is 0 Å². The van der Waals surface area contributed by atoms with E-state index in [9.17, 15) is 9.59 Å². The third-order valence-electron chi connectivity index (χ3n) is 10.7. The SMILES string of the molecule is O=C1c2ccccc2C(=O)N1CCCCCCCC1CCC(c2cncc(OCc3ccccc3)c2)=c2c1ccc1c2=CCc2ccccc2-1. The Morgan fingerprint density at radius 2 is 1.44 bits per heavy atom. The highest BCUT2D eigenvalue weighted by Crippen LogP contribution is 2.35. The molecule has 8 rings (SSSR count). The molecule has 3 aliphatic rings. The Bertz CT molecular complexity index is 2150. The van der Waals surface area contributed by atoms with Crippen LogP contribution in [-0.2, 0) is 13.0 Å². The molecule has 2 amide bonds. The van der Waals surface area contributed by atoms with Crippen LogP contribution in [0.15, 0.2) is 109 Å². The third-order valence-corrected chi connectivity index (χ3v) is 10.7. The van der Waals surface area contributed by atoms with E-state index in [0.29, 0.717) is 30.2 Å². The van der Waals surface area contributed by atoms with E-state index in [2.05, 4.69) is 65.7 Å². The van der Waals surface area contributed by atoms with Gasteiger partial charge in [0.25, 0.3) is 11.8 Å². The molecule has 4 aromatic carbocycles. The van der Waals surface area contributed by atoms with Crippen LogP contribution >= 0.6 is 0 Å². The summed E-state index contributed by atoms with van der Waals surface area (Å²) in [5.74, 6) is 1.00. The van der Waals surface area contributed by atoms with Crippen molar-refractivity contribution in [1.29, 1.82) is 0 Å². The first-order valence-electron chi connectivity index (χ1n) is 18.2. The number of carbonyl (C=O) groups is 2. The van der Waals surface area contributed by atoms with Crippen LogP contribution in [0.2, 0.25) is 0 Å². The Hall–Kier alpha value is -5.29. The summed E-state index contributed by atoms with van der Waals surface area (Å²) in [5.41, 5.74) is 10.2. The summed E-state index contributed by atoms with van der Waals surface area (Å²) in [6, 6.07) is 33.2. The first-order chi connectivity index (χ1) is 24.7. The molecule has 50 heavy (non-hydrogen) atoms. The van der Waals surface area contributed by atoms with Gasteiger partial charge in [0, 0.05) is 18.3 Å². The summed E-state index contributed by atoms with van der Waals surface area (Å²) >= 11 is 0. The second kappa shape index (κ2) is 14.3. The molecule has 0 fully saturated rings. The van der Waals surface area contributed by atoms with Crippen LogP contribution in [0, 0.1) is 0 Å². The van der Waals surface area contributed by atoms with E-state index in [1.54, 1.807) is 12.1 Å². The van der Waals surface area contributed by atoms with E-state index >= 15 is 0 Å². The minimum absolute atomic E-state index is 0.150. The molecule has 0 N–H and O–H groups in total. The molecule has 2 heterocycles. The van der Waals surface area contributed by atoms with E-state index in [-0.39, 0.29) is 11.8 Å². The molecule has 5 nitrogen and oxygen atoms in total. The van der Waals surface area contributed by atoms with Gasteiger partial charge in [-0.25, -0.2) is 0 Å². The fraction of sp³-hybridized carbons (Fsp3) is 0.267. The van der Waals surface area contributed by atoms with Crippen molar-refractivity contribution in [3.63, 3.8) is 0 Å². The number of hydrogen-bond donors (Lipinski definition) is 0. The Morgan fingerprint density at radius 3 is 2.26 bits per heavy atom. The summed E-state index contributed by atoms with van der Waals surface area (Å²) in [6.45, 7) is 1.02. The van der Waals surface area contributed by atoms with Gasteiger partial charge in [-0.05, 0) is 100 Å². The van der Waals surface area contributed by atoms with Crippen LogP contribution in [0.5, 0.6) is 5.75 Å². The highest BCUT2D eigenvalue weighted by atomic mass is 16.5. The molecular weight excluding hydrogens is 617 g/mol. The quantitative estimate of drug-likeness (QED) is 0.0999. The van der Waals surface area contributed by atoms with E-state index in [0.717, 1.165) is 68.2 Å². The van der Waals surface area contributed by atoms with Crippen molar-refractivity contribution in [3.05, 3.63) is 153 Å². The van der Waals surface area contributed by atoms with Crippen LogP contribution in [-0.4, -0.2) is 28.2 Å². The number of hydrogen-bond acceptors (Lipinski definition) is 4. The van der Waals surface area contributed by atoms with Gasteiger partial charge in [-0.2, -0.15) is 0 Å². The fourth-order valence-electron chi connectivity index (χ4n) is 8.16. The summed E-state index contributed by atoms with van der Waals surface area (Å²) in [5, 5.41) is 2.76. The van der Waals surface area contributed by atoms with Gasteiger partial charge in [-0.3, -0.25) is 19.5 Å². The smallest absolute Gasteiger partial charge is 0.261 e. The Morgan fingerprint density at radius 1 is 0.720 bits per heavy atom. The number of fused-ring (bicyclic) bond motifs is 6. The van der Waals surface area contributed by atoms with Crippen molar-refractivity contribution < 1.29 is 14.3 Å². The molecule has 1 aliphatic heterocycles. The van der Waals surface area contributed by atoms with Crippen molar-refractivity contribution >= 4 is 23.5 Å². The monoisotopic (exact) mass is 658 g/mol. The zero-order valence-electron chi connectivity index (χ0n) is 28.4. The van der Waals surface area contributed by atoms with Crippen LogP contribution in [0.1, 0.15) is 100 Å². The maximum Gasteiger partial charge on any atom is 0.261 e. The lowest BCUT2D eigenvalue weighted by Crippen LogP contribution is -2.38. The van der Waals surface area contributed by atoms with Gasteiger partial charge in [0.05, 0.1) is 17.3 Å². The van der Waals surface area contributed by atoms with Gasteiger partial charge in [-0.15, -0.1) is 0 Å². The van der Waals surface area contributed by atoms with Gasteiger partial charge >= 0.3 is 0 Å². The fourth-order valence-corrected chi connectivity index (χ4v) is 8.16. The number of nitrogens with zero attached hydrogens (tertiary/aromatic N) is 2. The van der Waals surface area contributed by atoms with Crippen molar-refractivity contribution in [1.82, 2.24) is 9.88 Å². The molecule has 1 atom stereocenters. The normalized spacial score (nSPS) is 16.0. The summed E-state index contributed by atoms with van der Waals surface area (Å²) in [7, 11) is 0. The Labute approximate surface area is 294 Å². The number of imide groups is 1. The molecule has 0 saturated carbocycles. The minimum atomic E-state index is -0.150. The second-order valence-corrected chi connectivity index (χ2v) is 13.8. The number of benzene rings is 4. The lowest BCUT2D eigenvalue weighted by atomic mass is 9.77. The topological polar surface area (TPSA) is 59.5 Å². The Kier molecular flexibility index (Phi) is 9.13. The van der Waals surface area contributed by atoms with E-state index in [1.807, 2.05) is 42.7 Å². The average molecular weight is 659 g/mol. The molecule has 2 aliphatic carbocycles. The van der Waals surface area contributed by atoms with Crippen LogP contribution in [0.25, 0.3) is 22.8 Å². The minimum Gasteiger partial charge on any atom is -0.487 e. The van der Waals surface area contributed by atoms with Crippen LogP contribution in [0.4, 0.5) is 0 Å². The van der Waals surface area contributed by atoms with Gasteiger partial charge < -0.3 is 4.74 Å². The van der Waals surface area contributed by atoms with Gasteiger partial charge in [0.1, 0.15) is 12.4 Å². The van der Waals surface area contributed by atoms with Crippen molar-refractivity contribution in [2.45, 2.75) is 70.3 Å². The van der Waals surface area contributed by atoms with E-state index in [4.69, 9.17) is 4.74 Å². The van der Waals surface area contributed by atoms with E-state index in [1.165, 1.54) is 49.6 Å². The highest BCUT2D eigenvalue weighted by molar-refractivity contribution is 6.21. The molecule has 0 bridgehead atoms. The lowest BCUT2D eigenvalue weighted by Gasteiger charge is -2.28. The first kappa shape index (κ1) is 31.9. The molecule has 250 valence electrons. The van der Waals surface area contributed by atoms with Crippen LogP contribution < -0.4 is 15.2 Å². The number of carbonyl (C=O) groups excluding carboxylic acids is 2. The third kappa shape index (κ3) is 6.29. The number of amides is 2. The van der Waals surface area contributed by atoms with Gasteiger partial charge in [0.2, 0.25) is 0 Å².